The Morgan fingerprint density at radius 3 is 2.57 bits per heavy atom. The molecule has 1 saturated carbocycles. The van der Waals surface area contributed by atoms with E-state index in [0.717, 1.165) is 64.2 Å². The second kappa shape index (κ2) is 11.7. The minimum absolute atomic E-state index is 0.609. The number of nitrogens with one attached hydrogen (secondary N) is 2. The number of guanidine groups is 1. The van der Waals surface area contributed by atoms with Gasteiger partial charge in [-0.15, -0.1) is 0 Å². The third kappa shape index (κ3) is 8.02. The summed E-state index contributed by atoms with van der Waals surface area (Å²) >= 11 is 0. The Bertz CT molecular complexity index is 324. The summed E-state index contributed by atoms with van der Waals surface area (Å²) in [5, 5.41) is 6.77. The lowest BCUT2D eigenvalue weighted by Gasteiger charge is -2.13. The van der Waals surface area contributed by atoms with Gasteiger partial charge in [0, 0.05) is 39.3 Å². The fourth-order valence-electron chi connectivity index (χ4n) is 3.46. The smallest absolute Gasteiger partial charge is 0.190 e. The van der Waals surface area contributed by atoms with Gasteiger partial charge in [-0.1, -0.05) is 25.7 Å². The molecular formula is C18H35N3O2. The maximum absolute atomic E-state index is 5.71. The van der Waals surface area contributed by atoms with E-state index in [1.807, 2.05) is 7.05 Å². The highest BCUT2D eigenvalue weighted by molar-refractivity contribution is 5.79. The van der Waals surface area contributed by atoms with Gasteiger partial charge in [0.1, 0.15) is 0 Å². The summed E-state index contributed by atoms with van der Waals surface area (Å²) in [6, 6.07) is 0. The van der Waals surface area contributed by atoms with Gasteiger partial charge in [-0.25, -0.2) is 0 Å². The molecule has 2 fully saturated rings. The van der Waals surface area contributed by atoms with E-state index in [4.69, 9.17) is 9.47 Å². The van der Waals surface area contributed by atoms with Crippen molar-refractivity contribution in [1.82, 2.24) is 10.6 Å². The summed E-state index contributed by atoms with van der Waals surface area (Å²) < 4.78 is 11.1. The lowest BCUT2D eigenvalue weighted by atomic mass is 10.0. The van der Waals surface area contributed by atoms with Crippen molar-refractivity contribution >= 4 is 5.96 Å². The van der Waals surface area contributed by atoms with Gasteiger partial charge in [-0.3, -0.25) is 4.99 Å². The first-order chi connectivity index (χ1) is 11.4. The Kier molecular flexibility index (Phi) is 9.41. The monoisotopic (exact) mass is 325 g/mol. The Balaban J connectivity index is 1.40. The van der Waals surface area contributed by atoms with Crippen molar-refractivity contribution < 1.29 is 9.47 Å². The second-order valence-corrected chi connectivity index (χ2v) is 6.88. The molecule has 5 nitrogen and oxygen atoms in total. The highest BCUT2D eigenvalue weighted by Gasteiger charge is 2.15. The quantitative estimate of drug-likeness (QED) is 0.368. The minimum atomic E-state index is 0.609. The summed E-state index contributed by atoms with van der Waals surface area (Å²) in [7, 11) is 1.84. The Morgan fingerprint density at radius 2 is 1.87 bits per heavy atom. The lowest BCUT2D eigenvalue weighted by Crippen LogP contribution is -2.38. The van der Waals surface area contributed by atoms with Crippen LogP contribution in [-0.4, -0.2) is 52.5 Å². The molecule has 1 heterocycles. The average molecular weight is 325 g/mol. The van der Waals surface area contributed by atoms with Crippen LogP contribution < -0.4 is 10.6 Å². The highest BCUT2D eigenvalue weighted by Crippen LogP contribution is 2.28. The summed E-state index contributed by atoms with van der Waals surface area (Å²) in [5.74, 6) is 2.51. The van der Waals surface area contributed by atoms with Gasteiger partial charge in [0.25, 0.3) is 0 Å². The first-order valence-electron chi connectivity index (χ1n) is 9.48. The lowest BCUT2D eigenvalue weighted by molar-refractivity contribution is 0.0888. The highest BCUT2D eigenvalue weighted by atomic mass is 16.5. The summed E-state index contributed by atoms with van der Waals surface area (Å²) in [4.78, 5) is 4.28. The van der Waals surface area contributed by atoms with Crippen molar-refractivity contribution in [3.63, 3.8) is 0 Å². The number of ether oxygens (including phenoxy) is 2. The molecule has 0 aromatic heterocycles. The van der Waals surface area contributed by atoms with Crippen molar-refractivity contribution in [2.75, 3.05) is 46.6 Å². The first-order valence-corrected chi connectivity index (χ1v) is 9.48. The van der Waals surface area contributed by atoms with E-state index in [2.05, 4.69) is 15.6 Å². The van der Waals surface area contributed by atoms with Crippen LogP contribution in [-0.2, 0) is 9.47 Å². The van der Waals surface area contributed by atoms with Crippen LogP contribution in [0.4, 0.5) is 0 Å². The summed E-state index contributed by atoms with van der Waals surface area (Å²) in [6.45, 7) is 5.35. The number of nitrogens with zero attached hydrogens (tertiary/aromatic N) is 1. The van der Waals surface area contributed by atoms with E-state index >= 15 is 0 Å². The van der Waals surface area contributed by atoms with Crippen LogP contribution in [0.1, 0.15) is 51.4 Å². The van der Waals surface area contributed by atoms with Gasteiger partial charge in [-0.2, -0.15) is 0 Å². The molecule has 0 aromatic rings. The molecule has 2 aliphatic rings. The zero-order valence-electron chi connectivity index (χ0n) is 14.8. The minimum Gasteiger partial charge on any atom is -0.381 e. The van der Waals surface area contributed by atoms with Crippen LogP contribution in [0, 0.1) is 11.8 Å². The molecule has 1 aliphatic carbocycles. The molecule has 1 atom stereocenters. The average Bonchev–Trinajstić information content (AvgIpc) is 3.26. The summed E-state index contributed by atoms with van der Waals surface area (Å²) in [6.07, 6.45) is 10.5. The molecule has 0 aromatic carbocycles. The van der Waals surface area contributed by atoms with Crippen LogP contribution in [0.25, 0.3) is 0 Å². The molecule has 134 valence electrons. The van der Waals surface area contributed by atoms with E-state index in [1.165, 1.54) is 38.5 Å². The van der Waals surface area contributed by atoms with Gasteiger partial charge in [0.05, 0.1) is 13.2 Å². The van der Waals surface area contributed by atoms with E-state index in [1.54, 1.807) is 0 Å². The number of hydrogen-bond acceptors (Lipinski definition) is 3. The molecule has 0 amide bonds. The standard InChI is InChI=1S/C18H35N3O2/c1-19-18(20-10-4-8-16-6-2-3-7-16)21-11-5-12-22-14-17-9-13-23-15-17/h16-17H,2-15H2,1H3,(H2,19,20,21). The molecule has 2 N–H and O–H groups in total. The Hall–Kier alpha value is -0.810. The number of rotatable bonds is 10. The fourth-order valence-corrected chi connectivity index (χ4v) is 3.46. The molecule has 23 heavy (non-hydrogen) atoms. The van der Waals surface area contributed by atoms with E-state index in [-0.39, 0.29) is 0 Å². The number of hydrogen-bond donors (Lipinski definition) is 2. The van der Waals surface area contributed by atoms with E-state index in [9.17, 15) is 0 Å². The molecule has 1 saturated heterocycles. The SMILES string of the molecule is CN=C(NCCCOCC1CCOC1)NCCCC1CCCC1. The topological polar surface area (TPSA) is 54.9 Å². The van der Waals surface area contributed by atoms with Crippen LogP contribution in [0.3, 0.4) is 0 Å². The van der Waals surface area contributed by atoms with Crippen molar-refractivity contribution in [1.29, 1.82) is 0 Å². The molecule has 2 rings (SSSR count). The van der Waals surface area contributed by atoms with Crippen molar-refractivity contribution in [3.05, 3.63) is 0 Å². The fraction of sp³-hybridized carbons (Fsp3) is 0.944. The van der Waals surface area contributed by atoms with Crippen molar-refractivity contribution in [2.45, 2.75) is 51.4 Å². The van der Waals surface area contributed by atoms with Gasteiger partial charge in [0.2, 0.25) is 0 Å². The zero-order chi connectivity index (χ0) is 16.2. The summed E-state index contributed by atoms with van der Waals surface area (Å²) in [5.41, 5.74) is 0. The second-order valence-electron chi connectivity index (χ2n) is 6.88. The third-order valence-corrected chi connectivity index (χ3v) is 4.92. The van der Waals surface area contributed by atoms with Gasteiger partial charge >= 0.3 is 0 Å². The normalized spacial score (nSPS) is 22.7. The van der Waals surface area contributed by atoms with Crippen molar-refractivity contribution in [3.8, 4) is 0 Å². The van der Waals surface area contributed by atoms with Gasteiger partial charge < -0.3 is 20.1 Å². The molecule has 1 aliphatic heterocycles. The molecule has 0 radical (unpaired) electrons. The maximum atomic E-state index is 5.71. The van der Waals surface area contributed by atoms with E-state index < -0.39 is 0 Å². The third-order valence-electron chi connectivity index (χ3n) is 4.92. The molecule has 5 heteroatoms. The Labute approximate surface area is 141 Å². The largest absolute Gasteiger partial charge is 0.381 e. The van der Waals surface area contributed by atoms with Crippen LogP contribution in [0.2, 0.25) is 0 Å². The van der Waals surface area contributed by atoms with Crippen LogP contribution in [0.15, 0.2) is 4.99 Å². The Morgan fingerprint density at radius 1 is 1.09 bits per heavy atom. The van der Waals surface area contributed by atoms with Crippen molar-refractivity contribution in [2.24, 2.45) is 16.8 Å². The predicted molar refractivity (Wildman–Crippen MR) is 94.9 cm³/mol. The molecule has 0 spiro atoms. The molecular weight excluding hydrogens is 290 g/mol. The van der Waals surface area contributed by atoms with Crippen LogP contribution in [0.5, 0.6) is 0 Å². The first kappa shape index (κ1) is 18.5. The van der Waals surface area contributed by atoms with E-state index in [0.29, 0.717) is 5.92 Å². The molecule has 0 bridgehead atoms. The maximum Gasteiger partial charge on any atom is 0.190 e. The zero-order valence-corrected chi connectivity index (χ0v) is 14.8. The molecule has 1 unspecified atom stereocenters. The number of aliphatic imine (C=N–C) groups is 1. The van der Waals surface area contributed by atoms with Gasteiger partial charge in [-0.05, 0) is 31.6 Å². The van der Waals surface area contributed by atoms with Gasteiger partial charge in [0.15, 0.2) is 5.96 Å². The predicted octanol–water partition coefficient (Wildman–Crippen LogP) is 2.56. The van der Waals surface area contributed by atoms with Crippen LogP contribution >= 0.6 is 0 Å².